The molecule has 0 aromatic rings. The number of hydrogen-bond donors (Lipinski definition) is 0. The van der Waals surface area contributed by atoms with Crippen LogP contribution in [-0.2, 0) is 11.1 Å². The zero-order valence-corrected chi connectivity index (χ0v) is 6.00. The van der Waals surface area contributed by atoms with Crippen LogP contribution in [0.25, 0.3) is 0 Å². The highest BCUT2D eigenvalue weighted by Crippen LogP contribution is 2.41. The maximum absolute atomic E-state index is 12.0. The predicted octanol–water partition coefficient (Wildman–Crippen LogP) is 1.05. The van der Waals surface area contributed by atoms with Crippen molar-refractivity contribution in [2.45, 2.75) is 30.4 Å². The number of halogens is 2. The van der Waals surface area contributed by atoms with Crippen molar-refractivity contribution in [1.82, 2.24) is 0 Å². The van der Waals surface area contributed by atoms with Crippen LogP contribution in [0, 0.1) is 0 Å². The Morgan fingerprint density at radius 2 is 2.00 bits per heavy atom. The molecule has 10 heavy (non-hydrogen) atoms. The number of alkyl halides is 2. The van der Waals surface area contributed by atoms with Gasteiger partial charge in [-0.1, -0.05) is 6.42 Å². The van der Waals surface area contributed by atoms with Gasteiger partial charge in [0.1, 0.15) is 0 Å². The van der Waals surface area contributed by atoms with E-state index in [9.17, 15) is 17.5 Å². The van der Waals surface area contributed by atoms with Crippen molar-refractivity contribution in [1.29, 1.82) is 0 Å². The standard InChI is InChI=1S/C5H8F2O2S/c6-4(7)5(10(8)9)2-1-3-5/h4H,1-3H2,(H,8,9)/p-1. The largest absolute Gasteiger partial charge is 0.772 e. The molecule has 0 N–H and O–H groups in total. The molecular formula is C5H7F2O2S-. The predicted molar refractivity (Wildman–Crippen MR) is 31.5 cm³/mol. The van der Waals surface area contributed by atoms with Crippen LogP contribution in [0.4, 0.5) is 8.78 Å². The van der Waals surface area contributed by atoms with E-state index in [2.05, 4.69) is 0 Å². The molecule has 0 heterocycles. The van der Waals surface area contributed by atoms with Gasteiger partial charge >= 0.3 is 0 Å². The molecule has 1 fully saturated rings. The van der Waals surface area contributed by atoms with Crippen molar-refractivity contribution in [2.75, 3.05) is 0 Å². The van der Waals surface area contributed by atoms with Gasteiger partial charge in [0.15, 0.2) is 0 Å². The topological polar surface area (TPSA) is 40.1 Å². The van der Waals surface area contributed by atoms with Crippen LogP contribution in [0.1, 0.15) is 19.3 Å². The molecule has 1 aliphatic rings. The highest BCUT2D eigenvalue weighted by atomic mass is 32.2. The first kappa shape index (κ1) is 8.07. The van der Waals surface area contributed by atoms with Crippen LogP contribution in [0.3, 0.4) is 0 Å². The molecule has 1 unspecified atom stereocenters. The molecule has 1 saturated carbocycles. The molecule has 5 heteroatoms. The van der Waals surface area contributed by atoms with Gasteiger partial charge < -0.3 is 4.55 Å². The van der Waals surface area contributed by atoms with Crippen molar-refractivity contribution >= 4 is 11.1 Å². The molecule has 0 radical (unpaired) electrons. The van der Waals surface area contributed by atoms with Gasteiger partial charge in [-0.25, -0.2) is 8.78 Å². The lowest BCUT2D eigenvalue weighted by atomic mass is 9.85. The van der Waals surface area contributed by atoms with Crippen LogP contribution in [0.15, 0.2) is 0 Å². The first-order valence-corrected chi connectivity index (χ1v) is 4.04. The van der Waals surface area contributed by atoms with Crippen LogP contribution in [-0.4, -0.2) is 19.9 Å². The Kier molecular flexibility index (Phi) is 2.05. The quantitative estimate of drug-likeness (QED) is 0.580. The molecule has 1 aliphatic carbocycles. The van der Waals surface area contributed by atoms with E-state index in [1.807, 2.05) is 0 Å². The van der Waals surface area contributed by atoms with Crippen LogP contribution in [0.5, 0.6) is 0 Å². The van der Waals surface area contributed by atoms with Gasteiger partial charge in [0, 0.05) is 0 Å². The van der Waals surface area contributed by atoms with Gasteiger partial charge in [0.05, 0.1) is 4.75 Å². The summed E-state index contributed by atoms with van der Waals surface area (Å²) in [6.45, 7) is 0. The highest BCUT2D eigenvalue weighted by Gasteiger charge is 2.46. The zero-order chi connectivity index (χ0) is 7.78. The third-order valence-corrected chi connectivity index (χ3v) is 3.18. The van der Waals surface area contributed by atoms with Crippen molar-refractivity contribution in [3.05, 3.63) is 0 Å². The summed E-state index contributed by atoms with van der Waals surface area (Å²) in [5.41, 5.74) is 0. The summed E-state index contributed by atoms with van der Waals surface area (Å²) in [6, 6.07) is 0. The van der Waals surface area contributed by atoms with Gasteiger partial charge in [-0.3, -0.25) is 4.21 Å². The van der Waals surface area contributed by atoms with E-state index in [4.69, 9.17) is 0 Å². The first-order chi connectivity index (χ1) is 4.59. The van der Waals surface area contributed by atoms with E-state index < -0.39 is 22.3 Å². The van der Waals surface area contributed by atoms with Gasteiger partial charge in [-0.15, -0.1) is 0 Å². The SMILES string of the molecule is O=S([O-])C1(C(F)F)CCC1. The minimum Gasteiger partial charge on any atom is -0.772 e. The number of rotatable bonds is 2. The van der Waals surface area contributed by atoms with Crippen molar-refractivity contribution in [3.63, 3.8) is 0 Å². The first-order valence-electron chi connectivity index (χ1n) is 2.97. The Bertz CT molecular complexity index is 156. The van der Waals surface area contributed by atoms with Crippen LogP contribution in [0.2, 0.25) is 0 Å². The minimum atomic E-state index is -2.72. The molecule has 2 nitrogen and oxygen atoms in total. The molecule has 60 valence electrons. The molecule has 0 spiro atoms. The molecular weight excluding hydrogens is 162 g/mol. The molecule has 0 amide bonds. The van der Waals surface area contributed by atoms with E-state index in [0.29, 0.717) is 6.42 Å². The van der Waals surface area contributed by atoms with Gasteiger partial charge in [-0.2, -0.15) is 0 Å². The molecule has 0 bridgehead atoms. The Morgan fingerprint density at radius 3 is 2.00 bits per heavy atom. The summed E-state index contributed by atoms with van der Waals surface area (Å²) in [7, 11) is 0. The fourth-order valence-corrected chi connectivity index (χ4v) is 1.75. The third kappa shape index (κ3) is 0.971. The van der Waals surface area contributed by atoms with Gasteiger partial charge in [-0.05, 0) is 23.9 Å². The summed E-state index contributed by atoms with van der Waals surface area (Å²) in [4.78, 5) is 0. The minimum absolute atomic E-state index is 0.112. The summed E-state index contributed by atoms with van der Waals surface area (Å²) < 4.78 is 42.8. The van der Waals surface area contributed by atoms with Crippen molar-refractivity contribution < 1.29 is 17.5 Å². The molecule has 0 saturated heterocycles. The zero-order valence-electron chi connectivity index (χ0n) is 5.18. The lowest BCUT2D eigenvalue weighted by Crippen LogP contribution is -2.48. The van der Waals surface area contributed by atoms with E-state index >= 15 is 0 Å². The fourth-order valence-electron chi connectivity index (χ4n) is 0.983. The number of hydrogen-bond acceptors (Lipinski definition) is 2. The smallest absolute Gasteiger partial charge is 0.254 e. The molecule has 0 aromatic heterocycles. The van der Waals surface area contributed by atoms with Crippen LogP contribution >= 0.6 is 0 Å². The normalized spacial score (nSPS) is 26.0. The second-order valence-electron chi connectivity index (χ2n) is 2.45. The van der Waals surface area contributed by atoms with E-state index in [1.54, 1.807) is 0 Å². The Hall–Kier alpha value is -0.0300. The third-order valence-electron chi connectivity index (χ3n) is 1.93. The Balaban J connectivity index is 2.68. The Morgan fingerprint density at radius 1 is 1.50 bits per heavy atom. The monoisotopic (exact) mass is 169 g/mol. The Labute approximate surface area is 59.9 Å². The average Bonchev–Trinajstić information content (AvgIpc) is 1.57. The molecule has 1 rings (SSSR count). The highest BCUT2D eigenvalue weighted by molar-refractivity contribution is 7.80. The summed E-state index contributed by atoms with van der Waals surface area (Å²) in [6.07, 6.45) is -1.90. The summed E-state index contributed by atoms with van der Waals surface area (Å²) in [5, 5.41) is 0. The average molecular weight is 169 g/mol. The molecule has 1 atom stereocenters. The van der Waals surface area contributed by atoms with Crippen molar-refractivity contribution in [2.24, 2.45) is 0 Å². The second-order valence-corrected chi connectivity index (χ2v) is 3.74. The molecule has 0 aliphatic heterocycles. The van der Waals surface area contributed by atoms with Gasteiger partial charge in [0.25, 0.3) is 6.43 Å². The lowest BCUT2D eigenvalue weighted by Gasteiger charge is -2.42. The summed E-state index contributed by atoms with van der Waals surface area (Å²) >= 11 is -2.61. The van der Waals surface area contributed by atoms with Gasteiger partial charge in [0.2, 0.25) is 0 Å². The van der Waals surface area contributed by atoms with Crippen LogP contribution < -0.4 is 0 Å². The van der Waals surface area contributed by atoms with E-state index in [-0.39, 0.29) is 12.8 Å². The molecule has 0 aromatic carbocycles. The summed E-state index contributed by atoms with van der Waals surface area (Å²) in [5.74, 6) is 0. The lowest BCUT2D eigenvalue weighted by molar-refractivity contribution is 0.0520. The second kappa shape index (κ2) is 2.54. The van der Waals surface area contributed by atoms with E-state index in [0.717, 1.165) is 0 Å². The maximum atomic E-state index is 12.0. The van der Waals surface area contributed by atoms with E-state index in [1.165, 1.54) is 0 Å². The van der Waals surface area contributed by atoms with Crippen molar-refractivity contribution in [3.8, 4) is 0 Å². The maximum Gasteiger partial charge on any atom is 0.254 e. The fraction of sp³-hybridized carbons (Fsp3) is 1.00.